The van der Waals surface area contributed by atoms with Gasteiger partial charge in [-0.15, -0.1) is 0 Å². The monoisotopic (exact) mass is 375 g/mol. The second-order valence-corrected chi connectivity index (χ2v) is 7.55. The van der Waals surface area contributed by atoms with Crippen molar-refractivity contribution in [3.05, 3.63) is 64.7 Å². The first-order chi connectivity index (χ1) is 12.1. The molecule has 0 aliphatic carbocycles. The number of benzene rings is 2. The predicted molar refractivity (Wildman–Crippen MR) is 97.6 cm³/mol. The van der Waals surface area contributed by atoms with Crippen molar-refractivity contribution in [1.29, 1.82) is 0 Å². The van der Waals surface area contributed by atoms with Crippen LogP contribution in [-0.4, -0.2) is 26.3 Å². The lowest BCUT2D eigenvalue weighted by Gasteiger charge is -2.14. The second kappa shape index (κ2) is 7.80. The molecule has 0 amide bonds. The third-order valence-electron chi connectivity index (χ3n) is 4.06. The Morgan fingerprint density at radius 3 is 2.27 bits per heavy atom. The van der Waals surface area contributed by atoms with Gasteiger partial charge in [0.25, 0.3) is 0 Å². The highest BCUT2D eigenvalue weighted by Crippen LogP contribution is 2.17. The van der Waals surface area contributed by atoms with Crippen LogP contribution in [0.3, 0.4) is 0 Å². The van der Waals surface area contributed by atoms with Crippen molar-refractivity contribution in [3.63, 3.8) is 0 Å². The number of aryl methyl sites for hydroxylation is 2. The van der Waals surface area contributed by atoms with Gasteiger partial charge in [-0.05, 0) is 43.5 Å². The van der Waals surface area contributed by atoms with E-state index in [0.717, 1.165) is 18.1 Å². The molecule has 0 saturated heterocycles. The maximum Gasteiger partial charge on any atom is 0.339 e. The maximum absolute atomic E-state index is 12.4. The molecule has 0 fully saturated rings. The highest BCUT2D eigenvalue weighted by Gasteiger charge is 2.22. The lowest BCUT2D eigenvalue weighted by atomic mass is 10.0. The van der Waals surface area contributed by atoms with Crippen molar-refractivity contribution >= 4 is 21.8 Å². The summed E-state index contributed by atoms with van der Waals surface area (Å²) in [7, 11) is -3.94. The summed E-state index contributed by atoms with van der Waals surface area (Å²) in [4.78, 5) is 24.6. The zero-order chi connectivity index (χ0) is 19.5. The van der Waals surface area contributed by atoms with E-state index >= 15 is 0 Å². The molecule has 0 radical (unpaired) electrons. The van der Waals surface area contributed by atoms with Crippen LogP contribution in [0.25, 0.3) is 0 Å². The minimum Gasteiger partial charge on any atom is -0.451 e. The summed E-state index contributed by atoms with van der Waals surface area (Å²) in [5.74, 6) is -1.11. The van der Waals surface area contributed by atoms with Crippen molar-refractivity contribution < 1.29 is 22.7 Å². The minimum absolute atomic E-state index is 0.0532. The van der Waals surface area contributed by atoms with Gasteiger partial charge in [0.15, 0.2) is 6.10 Å². The molecule has 0 aliphatic heterocycles. The fraction of sp³-hybridized carbons (Fsp3) is 0.263. The molecule has 0 unspecified atom stereocenters. The van der Waals surface area contributed by atoms with Crippen LogP contribution in [-0.2, 0) is 21.2 Å². The van der Waals surface area contributed by atoms with Crippen LogP contribution in [0.15, 0.2) is 47.4 Å². The molecule has 2 rings (SSSR count). The Balaban J connectivity index is 2.19. The number of sulfonamides is 1. The molecule has 7 heteroatoms. The van der Waals surface area contributed by atoms with Gasteiger partial charge in [0.05, 0.1) is 10.5 Å². The summed E-state index contributed by atoms with van der Waals surface area (Å²) < 4.78 is 28.2. The van der Waals surface area contributed by atoms with Gasteiger partial charge in [0, 0.05) is 5.56 Å². The Labute approximate surface area is 153 Å². The largest absolute Gasteiger partial charge is 0.451 e. The molecule has 6 nitrogen and oxygen atoms in total. The number of ether oxygens (including phenoxy) is 1. The molecule has 0 aromatic heterocycles. The van der Waals surface area contributed by atoms with Gasteiger partial charge in [-0.1, -0.05) is 37.3 Å². The Bertz CT molecular complexity index is 933. The fourth-order valence-corrected chi connectivity index (χ4v) is 2.95. The van der Waals surface area contributed by atoms with Crippen molar-refractivity contribution in [1.82, 2.24) is 0 Å². The van der Waals surface area contributed by atoms with E-state index in [9.17, 15) is 18.0 Å². The topological polar surface area (TPSA) is 104 Å². The number of hydrogen-bond donors (Lipinski definition) is 1. The Morgan fingerprint density at radius 2 is 1.73 bits per heavy atom. The summed E-state index contributed by atoms with van der Waals surface area (Å²) in [6.07, 6.45) is -0.147. The number of nitrogens with two attached hydrogens (primary N) is 1. The molecular weight excluding hydrogens is 354 g/mol. The molecule has 0 heterocycles. The molecule has 0 bridgehead atoms. The SMILES string of the molecule is CCc1ccc(C(=O)[C@H](C)OC(=O)c2cc(S(N)(=O)=O)ccc2C)cc1. The summed E-state index contributed by atoms with van der Waals surface area (Å²) >= 11 is 0. The summed E-state index contributed by atoms with van der Waals surface area (Å²) in [6, 6.07) is 11.0. The first kappa shape index (κ1) is 19.8. The Hall–Kier alpha value is -2.51. The molecule has 138 valence electrons. The summed E-state index contributed by atoms with van der Waals surface area (Å²) in [6.45, 7) is 5.13. The molecule has 1 atom stereocenters. The van der Waals surface area contributed by atoms with Crippen molar-refractivity contribution in [2.75, 3.05) is 0 Å². The van der Waals surface area contributed by atoms with E-state index in [1.165, 1.54) is 19.1 Å². The van der Waals surface area contributed by atoms with Crippen LogP contribution in [0.5, 0.6) is 0 Å². The van der Waals surface area contributed by atoms with Gasteiger partial charge in [-0.3, -0.25) is 4.79 Å². The van der Waals surface area contributed by atoms with Gasteiger partial charge >= 0.3 is 5.97 Å². The number of esters is 1. The van der Waals surface area contributed by atoms with E-state index < -0.39 is 22.1 Å². The number of primary sulfonamides is 1. The van der Waals surface area contributed by atoms with Crippen molar-refractivity contribution in [2.45, 2.75) is 38.2 Å². The van der Waals surface area contributed by atoms with E-state index in [2.05, 4.69) is 0 Å². The lowest BCUT2D eigenvalue weighted by molar-refractivity contribution is 0.0318. The summed E-state index contributed by atoms with van der Waals surface area (Å²) in [5, 5.41) is 5.09. The number of Topliss-reactive ketones (excluding diaryl/α,β-unsaturated/α-hetero) is 1. The predicted octanol–water partition coefficient (Wildman–Crippen LogP) is 2.63. The van der Waals surface area contributed by atoms with E-state index in [0.29, 0.717) is 11.1 Å². The Kier molecular flexibility index (Phi) is 5.94. The molecule has 2 aromatic rings. The molecule has 2 aromatic carbocycles. The van der Waals surface area contributed by atoms with E-state index in [4.69, 9.17) is 9.88 Å². The lowest BCUT2D eigenvalue weighted by Crippen LogP contribution is -2.25. The zero-order valence-electron chi connectivity index (χ0n) is 14.9. The second-order valence-electron chi connectivity index (χ2n) is 5.98. The quantitative estimate of drug-likeness (QED) is 0.617. The third-order valence-corrected chi connectivity index (χ3v) is 4.97. The standard InChI is InChI=1S/C19H21NO5S/c1-4-14-6-8-15(9-7-14)18(21)13(3)25-19(22)17-11-16(26(20,23)24)10-5-12(17)2/h5-11,13H,4H2,1-3H3,(H2,20,23,24)/t13-/m0/s1. The first-order valence-corrected chi connectivity index (χ1v) is 9.65. The van der Waals surface area contributed by atoms with Crippen molar-refractivity contribution in [3.8, 4) is 0 Å². The average Bonchev–Trinajstić information content (AvgIpc) is 2.60. The smallest absolute Gasteiger partial charge is 0.339 e. The fourth-order valence-electron chi connectivity index (χ4n) is 2.41. The molecular formula is C19H21NO5S. The molecule has 0 spiro atoms. The molecule has 26 heavy (non-hydrogen) atoms. The average molecular weight is 375 g/mol. The van der Waals surface area contributed by atoms with Crippen LogP contribution >= 0.6 is 0 Å². The number of carbonyl (C=O) groups is 2. The van der Waals surface area contributed by atoms with Gasteiger partial charge in [-0.25, -0.2) is 18.4 Å². The van der Waals surface area contributed by atoms with Crippen LogP contribution in [0.4, 0.5) is 0 Å². The highest BCUT2D eigenvalue weighted by atomic mass is 32.2. The highest BCUT2D eigenvalue weighted by molar-refractivity contribution is 7.89. The van der Waals surface area contributed by atoms with E-state index in [-0.39, 0.29) is 16.2 Å². The molecule has 2 N–H and O–H groups in total. The van der Waals surface area contributed by atoms with Crippen LogP contribution in [0.1, 0.15) is 45.7 Å². The number of ketones is 1. The number of hydrogen-bond acceptors (Lipinski definition) is 5. The maximum atomic E-state index is 12.4. The third kappa shape index (κ3) is 4.56. The Morgan fingerprint density at radius 1 is 1.12 bits per heavy atom. The van der Waals surface area contributed by atoms with Crippen molar-refractivity contribution in [2.24, 2.45) is 5.14 Å². The van der Waals surface area contributed by atoms with Gasteiger partial charge in [0.1, 0.15) is 0 Å². The summed E-state index contributed by atoms with van der Waals surface area (Å²) in [5.41, 5.74) is 2.12. The normalized spacial score (nSPS) is 12.5. The molecule has 0 saturated carbocycles. The van der Waals surface area contributed by atoms with Crippen LogP contribution < -0.4 is 5.14 Å². The van der Waals surface area contributed by atoms with E-state index in [1.807, 2.05) is 19.1 Å². The number of carbonyl (C=O) groups excluding carboxylic acids is 2. The van der Waals surface area contributed by atoms with Crippen LogP contribution in [0, 0.1) is 6.92 Å². The van der Waals surface area contributed by atoms with Gasteiger partial charge in [-0.2, -0.15) is 0 Å². The van der Waals surface area contributed by atoms with Gasteiger partial charge < -0.3 is 4.74 Å². The van der Waals surface area contributed by atoms with E-state index in [1.54, 1.807) is 19.1 Å². The minimum atomic E-state index is -3.94. The van der Waals surface area contributed by atoms with Gasteiger partial charge in [0.2, 0.25) is 15.8 Å². The van der Waals surface area contributed by atoms with Crippen LogP contribution in [0.2, 0.25) is 0 Å². The zero-order valence-corrected chi connectivity index (χ0v) is 15.7. The first-order valence-electron chi connectivity index (χ1n) is 8.11. The molecule has 0 aliphatic rings. The number of rotatable bonds is 6.